The van der Waals surface area contributed by atoms with E-state index in [1.807, 2.05) is 6.92 Å². The molecule has 1 aliphatic rings. The molecule has 1 atom stereocenters. The number of hydrogen-bond acceptors (Lipinski definition) is 1. The van der Waals surface area contributed by atoms with Crippen molar-refractivity contribution in [2.45, 2.75) is 17.5 Å². The Balaban J connectivity index is 2.41. The fourth-order valence-corrected chi connectivity index (χ4v) is 0.469. The van der Waals surface area contributed by atoms with Gasteiger partial charge in [0.15, 0.2) is 0 Å². The average Bonchev–Trinajstić information content (AvgIpc) is 1.73. The molecule has 0 N–H and O–H groups in total. The third kappa shape index (κ3) is 0.625. The van der Waals surface area contributed by atoms with E-state index in [1.165, 1.54) is 0 Å². The fourth-order valence-electron chi connectivity index (χ4n) is 0.202. The molecule has 0 aromatic carbocycles. The van der Waals surface area contributed by atoms with Gasteiger partial charge in [-0.3, -0.25) is 0 Å². The van der Waals surface area contributed by atoms with Gasteiger partial charge in [0, 0.05) is 0 Å². The molecule has 1 unspecified atom stereocenters. The van der Waals surface area contributed by atoms with E-state index in [0.717, 1.165) is 0 Å². The highest BCUT2D eigenvalue weighted by Gasteiger charge is 2.50. The summed E-state index contributed by atoms with van der Waals surface area (Å²) in [7, 11) is 0. The van der Waals surface area contributed by atoms with Crippen LogP contribution in [-0.4, -0.2) is 10.6 Å². The largest absolute Gasteiger partial charge is 0.336 e. The van der Waals surface area contributed by atoms with Gasteiger partial charge in [0.05, 0.1) is 0 Å². The van der Waals surface area contributed by atoms with E-state index in [4.69, 9.17) is 23.2 Å². The molecule has 3 heteroatoms. The molecular formula is C3H4Cl2O. The first-order valence-corrected chi connectivity index (χ1v) is 2.44. The van der Waals surface area contributed by atoms with Crippen LogP contribution in [0.5, 0.6) is 0 Å². The minimum absolute atomic E-state index is 0.0285. The molecular weight excluding hydrogens is 123 g/mol. The zero-order chi connectivity index (χ0) is 4.78. The fraction of sp³-hybridized carbons (Fsp3) is 1.00. The normalized spacial score (nSPS) is 39.5. The van der Waals surface area contributed by atoms with Crippen LogP contribution < -0.4 is 0 Å². The van der Waals surface area contributed by atoms with Crippen molar-refractivity contribution in [2.75, 3.05) is 0 Å². The summed E-state index contributed by atoms with van der Waals surface area (Å²) in [6.07, 6.45) is 0.0285. The van der Waals surface area contributed by atoms with Gasteiger partial charge in [0.1, 0.15) is 6.10 Å². The van der Waals surface area contributed by atoms with Crippen molar-refractivity contribution in [1.82, 2.24) is 0 Å². The number of halogens is 2. The highest BCUT2D eigenvalue weighted by atomic mass is 35.5. The minimum Gasteiger partial charge on any atom is -0.336 e. The van der Waals surface area contributed by atoms with E-state index in [1.54, 1.807) is 0 Å². The monoisotopic (exact) mass is 126 g/mol. The van der Waals surface area contributed by atoms with Crippen LogP contribution in [0.3, 0.4) is 0 Å². The van der Waals surface area contributed by atoms with Crippen LogP contribution in [0.4, 0.5) is 0 Å². The van der Waals surface area contributed by atoms with Gasteiger partial charge in [0.25, 0.3) is 0 Å². The van der Waals surface area contributed by atoms with E-state index >= 15 is 0 Å². The van der Waals surface area contributed by atoms with E-state index in [2.05, 4.69) is 4.74 Å². The highest BCUT2D eigenvalue weighted by molar-refractivity contribution is 6.49. The lowest BCUT2D eigenvalue weighted by molar-refractivity contribution is 0.398. The van der Waals surface area contributed by atoms with Crippen molar-refractivity contribution < 1.29 is 4.74 Å². The van der Waals surface area contributed by atoms with Crippen molar-refractivity contribution in [2.24, 2.45) is 0 Å². The van der Waals surface area contributed by atoms with Gasteiger partial charge in [-0.25, -0.2) is 0 Å². The Morgan fingerprint density at radius 1 is 1.67 bits per heavy atom. The van der Waals surface area contributed by atoms with Crippen molar-refractivity contribution in [3.8, 4) is 0 Å². The standard InChI is InChI=1S/C3H4Cl2O/c1-2-3(4,5)6-2/h2H,1H3. The topological polar surface area (TPSA) is 12.5 Å². The molecule has 0 aromatic rings. The number of alkyl halides is 2. The summed E-state index contributed by atoms with van der Waals surface area (Å²) in [6.45, 7) is 1.82. The molecule has 0 saturated carbocycles. The Labute approximate surface area is 46.2 Å². The van der Waals surface area contributed by atoms with Crippen LogP contribution in [0, 0.1) is 0 Å². The van der Waals surface area contributed by atoms with Crippen molar-refractivity contribution in [3.63, 3.8) is 0 Å². The molecule has 1 heterocycles. The van der Waals surface area contributed by atoms with Gasteiger partial charge in [0.2, 0.25) is 4.52 Å². The van der Waals surface area contributed by atoms with Crippen molar-refractivity contribution in [1.29, 1.82) is 0 Å². The quantitative estimate of drug-likeness (QED) is 0.355. The summed E-state index contributed by atoms with van der Waals surface area (Å²) in [5.41, 5.74) is 0. The molecule has 6 heavy (non-hydrogen) atoms. The summed E-state index contributed by atoms with van der Waals surface area (Å²) in [4.78, 5) is 0. The lowest BCUT2D eigenvalue weighted by atomic mass is 10.6. The van der Waals surface area contributed by atoms with Gasteiger partial charge in [-0.1, -0.05) is 23.2 Å². The Bertz CT molecular complexity index is 71.2. The molecule has 0 spiro atoms. The average molecular weight is 127 g/mol. The van der Waals surface area contributed by atoms with Crippen molar-refractivity contribution in [3.05, 3.63) is 0 Å². The predicted molar refractivity (Wildman–Crippen MR) is 25.0 cm³/mol. The van der Waals surface area contributed by atoms with Gasteiger partial charge >= 0.3 is 0 Å². The molecule has 0 bridgehead atoms. The maximum absolute atomic E-state index is 5.33. The zero-order valence-corrected chi connectivity index (χ0v) is 4.75. The van der Waals surface area contributed by atoms with Gasteiger partial charge in [-0.05, 0) is 6.92 Å². The number of rotatable bonds is 0. The first-order chi connectivity index (χ1) is 2.63. The molecule has 1 fully saturated rings. The predicted octanol–water partition coefficient (Wildman–Crippen LogP) is 1.54. The second-order valence-corrected chi connectivity index (χ2v) is 2.64. The molecule has 1 saturated heterocycles. The number of hydrogen-bond donors (Lipinski definition) is 0. The number of epoxide rings is 1. The lowest BCUT2D eigenvalue weighted by Gasteiger charge is -1.77. The molecule has 1 nitrogen and oxygen atoms in total. The summed E-state index contributed by atoms with van der Waals surface area (Å²) < 4.78 is 3.79. The van der Waals surface area contributed by atoms with Crippen LogP contribution in [0.2, 0.25) is 0 Å². The van der Waals surface area contributed by atoms with Crippen LogP contribution in [-0.2, 0) is 4.74 Å². The minimum atomic E-state index is -0.847. The van der Waals surface area contributed by atoms with E-state index in [9.17, 15) is 0 Å². The number of ether oxygens (including phenoxy) is 1. The molecule has 36 valence electrons. The molecule has 1 rings (SSSR count). The first-order valence-electron chi connectivity index (χ1n) is 1.68. The van der Waals surface area contributed by atoms with Gasteiger partial charge in [-0.15, -0.1) is 0 Å². The third-order valence-corrected chi connectivity index (χ3v) is 1.54. The molecule has 0 aromatic heterocycles. The van der Waals surface area contributed by atoms with Crippen LogP contribution in [0.1, 0.15) is 6.92 Å². The SMILES string of the molecule is CC1OC1(Cl)Cl. The van der Waals surface area contributed by atoms with Crippen molar-refractivity contribution >= 4 is 23.2 Å². The van der Waals surface area contributed by atoms with Gasteiger partial charge < -0.3 is 4.74 Å². The lowest BCUT2D eigenvalue weighted by Crippen LogP contribution is -1.87. The maximum atomic E-state index is 5.33. The Hall–Kier alpha value is 0.540. The second kappa shape index (κ2) is 1.03. The molecule has 0 aliphatic carbocycles. The summed E-state index contributed by atoms with van der Waals surface area (Å²) in [6, 6.07) is 0. The smallest absolute Gasteiger partial charge is 0.244 e. The van der Waals surface area contributed by atoms with Crippen LogP contribution in [0.15, 0.2) is 0 Å². The van der Waals surface area contributed by atoms with E-state index < -0.39 is 4.52 Å². The molecule has 0 radical (unpaired) electrons. The highest BCUT2D eigenvalue weighted by Crippen LogP contribution is 2.43. The third-order valence-electron chi connectivity index (χ3n) is 0.750. The van der Waals surface area contributed by atoms with E-state index in [0.29, 0.717) is 0 Å². The Morgan fingerprint density at radius 2 is 1.83 bits per heavy atom. The summed E-state index contributed by atoms with van der Waals surface area (Å²) in [5, 5.41) is 0. The molecule has 0 amide bonds. The first kappa shape index (κ1) is 4.69. The molecule has 1 aliphatic heterocycles. The summed E-state index contributed by atoms with van der Waals surface area (Å²) >= 11 is 10.7. The zero-order valence-electron chi connectivity index (χ0n) is 3.24. The van der Waals surface area contributed by atoms with Gasteiger partial charge in [-0.2, -0.15) is 0 Å². The maximum Gasteiger partial charge on any atom is 0.244 e. The van der Waals surface area contributed by atoms with E-state index in [-0.39, 0.29) is 6.10 Å². The Kier molecular flexibility index (Phi) is 0.804. The summed E-state index contributed by atoms with van der Waals surface area (Å²) in [5.74, 6) is 0. The van der Waals surface area contributed by atoms with Crippen LogP contribution >= 0.6 is 23.2 Å². The van der Waals surface area contributed by atoms with Crippen LogP contribution in [0.25, 0.3) is 0 Å². The second-order valence-electron chi connectivity index (χ2n) is 1.32. The Morgan fingerprint density at radius 3 is 1.83 bits per heavy atom.